The second kappa shape index (κ2) is 12.2. The summed E-state index contributed by atoms with van der Waals surface area (Å²) in [5.74, 6) is 1.56. The van der Waals surface area contributed by atoms with Crippen LogP contribution in [0.5, 0.6) is 5.75 Å². The lowest BCUT2D eigenvalue weighted by molar-refractivity contribution is -0.136. The second-order valence-electron chi connectivity index (χ2n) is 10.1. The molecular weight excluding hydrogens is 504 g/mol. The van der Waals surface area contributed by atoms with Crippen LogP contribution in [0.3, 0.4) is 0 Å². The van der Waals surface area contributed by atoms with Gasteiger partial charge in [-0.1, -0.05) is 31.2 Å². The lowest BCUT2D eigenvalue weighted by atomic mass is 9.91. The summed E-state index contributed by atoms with van der Waals surface area (Å²) >= 11 is 0. The number of aliphatic carboxylic acids is 1. The van der Waals surface area contributed by atoms with Gasteiger partial charge in [-0.15, -0.1) is 0 Å². The molecule has 1 aromatic heterocycles. The molecule has 0 spiro atoms. The molecule has 0 fully saturated rings. The van der Waals surface area contributed by atoms with Crippen LogP contribution in [0.1, 0.15) is 58.3 Å². The van der Waals surface area contributed by atoms with Crippen molar-refractivity contribution in [1.29, 1.82) is 0 Å². The van der Waals surface area contributed by atoms with Crippen molar-refractivity contribution in [3.05, 3.63) is 100 Å². The molecular formula is C33H34N2O5. The Kier molecular flexibility index (Phi) is 8.29. The summed E-state index contributed by atoms with van der Waals surface area (Å²) in [4.78, 5) is 30.3. The fourth-order valence-electron chi connectivity index (χ4n) is 5.22. The van der Waals surface area contributed by atoms with E-state index in [1.54, 1.807) is 0 Å². The molecule has 0 aliphatic carbocycles. The highest BCUT2D eigenvalue weighted by atomic mass is 16.5. The molecule has 0 unspecified atom stereocenters. The Morgan fingerprint density at radius 1 is 1.00 bits per heavy atom. The van der Waals surface area contributed by atoms with Gasteiger partial charge in [0.25, 0.3) is 0 Å². The number of carbonyl (C=O) groups excluding carboxylic acids is 1. The van der Waals surface area contributed by atoms with E-state index in [-0.39, 0.29) is 12.2 Å². The molecule has 0 atom stereocenters. The van der Waals surface area contributed by atoms with Crippen molar-refractivity contribution in [2.45, 2.75) is 52.5 Å². The van der Waals surface area contributed by atoms with Crippen LogP contribution in [-0.2, 0) is 30.6 Å². The number of benzene rings is 3. The number of hydrogen-bond donors (Lipinski definition) is 1. The molecule has 0 amide bonds. The number of oxazole rings is 1. The van der Waals surface area contributed by atoms with Crippen molar-refractivity contribution in [3.8, 4) is 17.2 Å². The van der Waals surface area contributed by atoms with Crippen LogP contribution in [-0.4, -0.2) is 35.0 Å². The number of anilines is 1. The van der Waals surface area contributed by atoms with Crippen molar-refractivity contribution in [2.24, 2.45) is 0 Å². The maximum absolute atomic E-state index is 12.1. The van der Waals surface area contributed by atoms with Crippen molar-refractivity contribution >= 4 is 17.4 Å². The van der Waals surface area contributed by atoms with E-state index in [0.29, 0.717) is 38.3 Å². The molecule has 40 heavy (non-hydrogen) atoms. The van der Waals surface area contributed by atoms with Crippen LogP contribution in [0.25, 0.3) is 11.5 Å². The van der Waals surface area contributed by atoms with Gasteiger partial charge in [-0.3, -0.25) is 9.59 Å². The zero-order valence-corrected chi connectivity index (χ0v) is 23.0. The summed E-state index contributed by atoms with van der Waals surface area (Å²) in [6.07, 6.45) is 2.43. The van der Waals surface area contributed by atoms with Gasteiger partial charge in [-0.2, -0.15) is 0 Å². The highest BCUT2D eigenvalue weighted by Gasteiger charge is 2.24. The predicted octanol–water partition coefficient (Wildman–Crippen LogP) is 6.44. The Morgan fingerprint density at radius 3 is 2.50 bits per heavy atom. The Morgan fingerprint density at radius 2 is 1.77 bits per heavy atom. The number of nitrogens with zero attached hydrogens (tertiary/aromatic N) is 2. The normalized spacial score (nSPS) is 12.7. The van der Waals surface area contributed by atoms with Gasteiger partial charge in [0.2, 0.25) is 5.89 Å². The van der Waals surface area contributed by atoms with Crippen LogP contribution in [0.15, 0.2) is 71.1 Å². The molecule has 0 radical (unpaired) electrons. The lowest BCUT2D eigenvalue weighted by Crippen LogP contribution is -2.31. The molecule has 1 aliphatic rings. The highest BCUT2D eigenvalue weighted by molar-refractivity contribution is 5.96. The van der Waals surface area contributed by atoms with Crippen molar-refractivity contribution in [2.75, 3.05) is 18.1 Å². The quantitative estimate of drug-likeness (QED) is 0.220. The molecule has 7 heteroatoms. The number of carboxylic acid groups (broad SMARTS) is 1. The molecule has 0 saturated carbocycles. The second-order valence-corrected chi connectivity index (χ2v) is 10.1. The average Bonchev–Trinajstić information content (AvgIpc) is 3.36. The maximum atomic E-state index is 12.1. The van der Waals surface area contributed by atoms with E-state index in [4.69, 9.17) is 9.15 Å². The number of rotatable bonds is 11. The first-order chi connectivity index (χ1) is 19.4. The number of carboxylic acids is 1. The van der Waals surface area contributed by atoms with E-state index >= 15 is 0 Å². The third-order valence-electron chi connectivity index (χ3n) is 7.46. The molecule has 1 aliphatic heterocycles. The molecule has 0 bridgehead atoms. The molecule has 1 N–H and O–H groups in total. The van der Waals surface area contributed by atoms with Gasteiger partial charge >= 0.3 is 5.97 Å². The third-order valence-corrected chi connectivity index (χ3v) is 7.46. The Balaban J connectivity index is 1.32. The van der Waals surface area contributed by atoms with E-state index in [1.165, 1.54) is 0 Å². The van der Waals surface area contributed by atoms with Gasteiger partial charge in [0.05, 0.1) is 12.3 Å². The monoisotopic (exact) mass is 538 g/mol. The smallest absolute Gasteiger partial charge is 0.303 e. The molecule has 2 heterocycles. The number of aryl methyl sites for hydroxylation is 2. The van der Waals surface area contributed by atoms with Crippen LogP contribution >= 0.6 is 0 Å². The Bertz CT molecular complexity index is 1490. The number of ketones is 1. The van der Waals surface area contributed by atoms with Crippen LogP contribution in [0.2, 0.25) is 0 Å². The standard InChI is InChI=1S/C33H34N2O5/c1-3-30(36)24-9-13-26(14-10-24)35-19-17-27-28(21-35)23(12-16-32(37)38)11-15-31(27)39-20-18-29-22(2)40-33(34-29)25-7-5-4-6-8-25/h4-11,13-15H,3,12,16-21H2,1-2H3,(H,37,38). The molecule has 5 rings (SSSR count). The first-order valence-electron chi connectivity index (χ1n) is 13.8. The van der Waals surface area contributed by atoms with Crippen molar-refractivity contribution in [3.63, 3.8) is 0 Å². The molecule has 206 valence electrons. The molecule has 0 saturated heterocycles. The SMILES string of the molecule is CCC(=O)c1ccc(N2CCc3c(OCCc4nc(-c5ccccc5)oc4C)ccc(CCC(=O)O)c3C2)cc1. The van der Waals surface area contributed by atoms with Gasteiger partial charge in [-0.25, -0.2) is 4.98 Å². The lowest BCUT2D eigenvalue weighted by Gasteiger charge is -2.33. The number of Topliss-reactive ketones (excluding diaryl/α,β-unsaturated/α-hetero) is 1. The Labute approximate surface area is 234 Å². The zero-order valence-electron chi connectivity index (χ0n) is 23.0. The predicted molar refractivity (Wildman–Crippen MR) is 154 cm³/mol. The van der Waals surface area contributed by atoms with Gasteiger partial charge in [-0.05, 0) is 73.4 Å². The summed E-state index contributed by atoms with van der Waals surface area (Å²) in [5, 5.41) is 9.30. The molecule has 3 aromatic carbocycles. The van der Waals surface area contributed by atoms with E-state index < -0.39 is 5.97 Å². The van der Waals surface area contributed by atoms with Gasteiger partial charge in [0.15, 0.2) is 5.78 Å². The molecule has 7 nitrogen and oxygen atoms in total. The largest absolute Gasteiger partial charge is 0.493 e. The number of fused-ring (bicyclic) bond motifs is 1. The number of aromatic nitrogens is 1. The van der Waals surface area contributed by atoms with Gasteiger partial charge in [0.1, 0.15) is 11.5 Å². The zero-order chi connectivity index (χ0) is 28.1. The van der Waals surface area contributed by atoms with Crippen molar-refractivity contribution in [1.82, 2.24) is 4.98 Å². The number of ether oxygens (including phenoxy) is 1. The van der Waals surface area contributed by atoms with Gasteiger partial charge in [0, 0.05) is 54.7 Å². The van der Waals surface area contributed by atoms with Gasteiger partial charge < -0.3 is 19.2 Å². The maximum Gasteiger partial charge on any atom is 0.303 e. The third kappa shape index (κ3) is 6.09. The topological polar surface area (TPSA) is 92.9 Å². The van der Waals surface area contributed by atoms with Crippen molar-refractivity contribution < 1.29 is 23.8 Å². The first kappa shape index (κ1) is 27.2. The summed E-state index contributed by atoms with van der Waals surface area (Å²) < 4.78 is 12.2. The van der Waals surface area contributed by atoms with Crippen LogP contribution < -0.4 is 9.64 Å². The minimum Gasteiger partial charge on any atom is -0.493 e. The summed E-state index contributed by atoms with van der Waals surface area (Å²) in [7, 11) is 0. The first-order valence-corrected chi connectivity index (χ1v) is 13.8. The van der Waals surface area contributed by atoms with E-state index in [9.17, 15) is 14.7 Å². The fraction of sp³-hybridized carbons (Fsp3) is 0.303. The summed E-state index contributed by atoms with van der Waals surface area (Å²) in [6, 6.07) is 21.6. The minimum absolute atomic E-state index is 0.0790. The number of hydrogen-bond acceptors (Lipinski definition) is 6. The van der Waals surface area contributed by atoms with E-state index in [0.717, 1.165) is 63.7 Å². The van der Waals surface area contributed by atoms with Crippen LogP contribution in [0, 0.1) is 6.92 Å². The van der Waals surface area contributed by atoms with Crippen LogP contribution in [0.4, 0.5) is 5.69 Å². The Hall–Kier alpha value is -4.39. The van der Waals surface area contributed by atoms with E-state index in [2.05, 4.69) is 9.88 Å². The fourth-order valence-corrected chi connectivity index (χ4v) is 5.22. The molecule has 4 aromatic rings. The van der Waals surface area contributed by atoms with E-state index in [1.807, 2.05) is 80.6 Å². The number of carbonyl (C=O) groups is 2. The highest BCUT2D eigenvalue weighted by Crippen LogP contribution is 2.34. The minimum atomic E-state index is -0.809. The average molecular weight is 539 g/mol. The summed E-state index contributed by atoms with van der Waals surface area (Å²) in [5.41, 5.74) is 6.89. The summed E-state index contributed by atoms with van der Waals surface area (Å²) in [6.45, 7) is 5.71.